The van der Waals surface area contributed by atoms with Crippen LogP contribution in [-0.4, -0.2) is 27.3 Å². The van der Waals surface area contributed by atoms with E-state index in [2.05, 4.69) is 10.4 Å². The van der Waals surface area contributed by atoms with Crippen molar-refractivity contribution >= 4 is 5.91 Å². The Morgan fingerprint density at radius 2 is 1.90 bits per heavy atom. The topological polar surface area (TPSA) is 67.2 Å². The molecule has 3 aromatic rings. The molecular weight excluding hydrogens is 383 g/mol. The van der Waals surface area contributed by atoms with Gasteiger partial charge in [0.25, 0.3) is 5.91 Å². The SMILES string of the molecule is Cc1c(C(=O)NCCCc2ccc(O)cc2)cnn1-c1cccc(C(F)(F)F)c1. The fourth-order valence-electron chi connectivity index (χ4n) is 2.96. The molecule has 1 aromatic heterocycles. The maximum Gasteiger partial charge on any atom is 0.416 e. The molecule has 5 nitrogen and oxygen atoms in total. The minimum atomic E-state index is -4.45. The molecule has 0 saturated carbocycles. The number of aryl methyl sites for hydroxylation is 1. The van der Waals surface area contributed by atoms with Crippen molar-refractivity contribution in [1.29, 1.82) is 0 Å². The lowest BCUT2D eigenvalue weighted by molar-refractivity contribution is -0.137. The van der Waals surface area contributed by atoms with Gasteiger partial charge in [0.2, 0.25) is 0 Å². The van der Waals surface area contributed by atoms with Gasteiger partial charge in [-0.2, -0.15) is 18.3 Å². The summed E-state index contributed by atoms with van der Waals surface area (Å²) in [6.07, 6.45) is -1.65. The smallest absolute Gasteiger partial charge is 0.416 e. The van der Waals surface area contributed by atoms with Gasteiger partial charge < -0.3 is 10.4 Å². The second-order valence-electron chi connectivity index (χ2n) is 6.63. The predicted octanol–water partition coefficient (Wildman–Crippen LogP) is 4.27. The van der Waals surface area contributed by atoms with Gasteiger partial charge in [-0.05, 0) is 55.7 Å². The average Bonchev–Trinajstić information content (AvgIpc) is 3.07. The van der Waals surface area contributed by atoms with Crippen molar-refractivity contribution in [2.24, 2.45) is 0 Å². The quantitative estimate of drug-likeness (QED) is 0.604. The molecule has 0 spiro atoms. The van der Waals surface area contributed by atoms with Crippen LogP contribution in [0, 0.1) is 6.92 Å². The van der Waals surface area contributed by atoms with Crippen molar-refractivity contribution in [3.63, 3.8) is 0 Å². The third kappa shape index (κ3) is 4.96. The molecule has 2 N–H and O–H groups in total. The molecule has 0 radical (unpaired) electrons. The first kappa shape index (κ1) is 20.4. The Hall–Kier alpha value is -3.29. The summed E-state index contributed by atoms with van der Waals surface area (Å²) in [5, 5.41) is 16.2. The highest BCUT2D eigenvalue weighted by Gasteiger charge is 2.30. The van der Waals surface area contributed by atoms with E-state index in [0.29, 0.717) is 24.2 Å². The first-order valence-corrected chi connectivity index (χ1v) is 9.04. The summed E-state index contributed by atoms with van der Waals surface area (Å²) >= 11 is 0. The van der Waals surface area contributed by atoms with Crippen LogP contribution in [0.15, 0.2) is 54.7 Å². The molecule has 0 saturated heterocycles. The zero-order chi connectivity index (χ0) is 21.0. The fraction of sp³-hybridized carbons (Fsp3) is 0.238. The van der Waals surface area contributed by atoms with Crippen LogP contribution in [0.3, 0.4) is 0 Å². The lowest BCUT2D eigenvalue weighted by Gasteiger charge is -2.10. The number of hydrogen-bond donors (Lipinski definition) is 2. The van der Waals surface area contributed by atoms with Crippen molar-refractivity contribution < 1.29 is 23.1 Å². The molecule has 0 aliphatic rings. The van der Waals surface area contributed by atoms with Crippen molar-refractivity contribution in [3.05, 3.63) is 77.1 Å². The Bertz CT molecular complexity index is 995. The molecule has 8 heteroatoms. The van der Waals surface area contributed by atoms with Crippen molar-refractivity contribution in [1.82, 2.24) is 15.1 Å². The molecule has 0 unspecified atom stereocenters. The van der Waals surface area contributed by atoms with Gasteiger partial charge in [0.1, 0.15) is 5.75 Å². The number of hydrogen-bond acceptors (Lipinski definition) is 3. The minimum absolute atomic E-state index is 0.204. The fourth-order valence-corrected chi connectivity index (χ4v) is 2.96. The highest BCUT2D eigenvalue weighted by Crippen LogP contribution is 2.30. The zero-order valence-corrected chi connectivity index (χ0v) is 15.7. The van der Waals surface area contributed by atoms with Crippen LogP contribution in [0.2, 0.25) is 0 Å². The number of nitrogens with one attached hydrogen (secondary N) is 1. The van der Waals surface area contributed by atoms with E-state index < -0.39 is 11.7 Å². The van der Waals surface area contributed by atoms with Crippen LogP contribution in [0.25, 0.3) is 5.69 Å². The van der Waals surface area contributed by atoms with E-state index in [1.807, 2.05) is 12.1 Å². The molecule has 0 aliphatic carbocycles. The molecule has 2 aromatic carbocycles. The molecular formula is C21H20F3N3O2. The average molecular weight is 403 g/mol. The Labute approximate surface area is 165 Å². The zero-order valence-electron chi connectivity index (χ0n) is 15.7. The molecule has 1 heterocycles. The maximum atomic E-state index is 12.9. The van der Waals surface area contributed by atoms with E-state index in [1.54, 1.807) is 19.1 Å². The number of aromatic hydroxyl groups is 1. The third-order valence-corrected chi connectivity index (χ3v) is 4.54. The number of carbonyl (C=O) groups excluding carboxylic acids is 1. The lowest BCUT2D eigenvalue weighted by atomic mass is 10.1. The standard InChI is InChI=1S/C21H20F3N3O2/c1-14-19(20(29)25-11-3-4-15-7-9-18(28)10-8-15)13-26-27(14)17-6-2-5-16(12-17)21(22,23)24/h2,5-10,12-13,28H,3-4,11H2,1H3,(H,25,29). The summed E-state index contributed by atoms with van der Waals surface area (Å²) in [6.45, 7) is 2.08. The first-order valence-electron chi connectivity index (χ1n) is 9.04. The van der Waals surface area contributed by atoms with Crippen LogP contribution in [0.4, 0.5) is 13.2 Å². The number of carbonyl (C=O) groups is 1. The van der Waals surface area contributed by atoms with Gasteiger partial charge in [0, 0.05) is 6.54 Å². The number of aromatic nitrogens is 2. The van der Waals surface area contributed by atoms with Gasteiger partial charge in [0.05, 0.1) is 28.7 Å². The van der Waals surface area contributed by atoms with Gasteiger partial charge in [0.15, 0.2) is 0 Å². The monoisotopic (exact) mass is 403 g/mol. The second-order valence-corrected chi connectivity index (χ2v) is 6.63. The molecule has 0 fully saturated rings. The summed E-state index contributed by atoms with van der Waals surface area (Å²) in [6, 6.07) is 11.7. The number of halogens is 3. The Morgan fingerprint density at radius 1 is 1.17 bits per heavy atom. The third-order valence-electron chi connectivity index (χ3n) is 4.54. The van der Waals surface area contributed by atoms with E-state index in [4.69, 9.17) is 0 Å². The maximum absolute atomic E-state index is 12.9. The summed E-state index contributed by atoms with van der Waals surface area (Å²) in [5.74, 6) is -0.123. The van der Waals surface area contributed by atoms with E-state index in [9.17, 15) is 23.1 Å². The van der Waals surface area contributed by atoms with Crippen LogP contribution < -0.4 is 5.32 Å². The summed E-state index contributed by atoms with van der Waals surface area (Å²) in [4.78, 5) is 12.4. The van der Waals surface area contributed by atoms with Gasteiger partial charge in [-0.3, -0.25) is 4.79 Å². The Balaban J connectivity index is 1.63. The summed E-state index contributed by atoms with van der Waals surface area (Å²) in [7, 11) is 0. The van der Waals surface area contributed by atoms with Gasteiger partial charge in [-0.15, -0.1) is 0 Å². The first-order chi connectivity index (χ1) is 13.8. The highest BCUT2D eigenvalue weighted by atomic mass is 19.4. The molecule has 1 amide bonds. The van der Waals surface area contributed by atoms with E-state index in [-0.39, 0.29) is 17.3 Å². The molecule has 0 bridgehead atoms. The second kappa shape index (κ2) is 8.38. The number of phenolic OH excluding ortho intramolecular Hbond substituents is 1. The molecule has 29 heavy (non-hydrogen) atoms. The van der Waals surface area contributed by atoms with E-state index in [1.165, 1.54) is 23.0 Å². The van der Waals surface area contributed by atoms with Crippen molar-refractivity contribution in [2.45, 2.75) is 25.9 Å². The van der Waals surface area contributed by atoms with Gasteiger partial charge in [-0.1, -0.05) is 18.2 Å². The number of phenols is 1. The van der Waals surface area contributed by atoms with E-state index >= 15 is 0 Å². The molecule has 0 atom stereocenters. The number of benzene rings is 2. The summed E-state index contributed by atoms with van der Waals surface area (Å²) in [5.41, 5.74) is 1.28. The minimum Gasteiger partial charge on any atom is -0.508 e. The number of rotatable bonds is 6. The number of alkyl halides is 3. The van der Waals surface area contributed by atoms with Crippen LogP contribution in [-0.2, 0) is 12.6 Å². The van der Waals surface area contributed by atoms with Crippen LogP contribution in [0.1, 0.15) is 33.6 Å². The summed E-state index contributed by atoms with van der Waals surface area (Å²) < 4.78 is 40.1. The lowest BCUT2D eigenvalue weighted by Crippen LogP contribution is -2.25. The van der Waals surface area contributed by atoms with Crippen LogP contribution in [0.5, 0.6) is 5.75 Å². The largest absolute Gasteiger partial charge is 0.508 e. The Kier molecular flexibility index (Phi) is 5.91. The number of nitrogens with zero attached hydrogens (tertiary/aromatic N) is 2. The van der Waals surface area contributed by atoms with Crippen molar-refractivity contribution in [3.8, 4) is 11.4 Å². The van der Waals surface area contributed by atoms with Crippen LogP contribution >= 0.6 is 0 Å². The van der Waals surface area contributed by atoms with Crippen molar-refractivity contribution in [2.75, 3.05) is 6.54 Å². The highest BCUT2D eigenvalue weighted by molar-refractivity contribution is 5.95. The number of amides is 1. The predicted molar refractivity (Wildman–Crippen MR) is 102 cm³/mol. The van der Waals surface area contributed by atoms with E-state index in [0.717, 1.165) is 24.1 Å². The molecule has 3 rings (SSSR count). The molecule has 152 valence electrons. The van der Waals surface area contributed by atoms with Gasteiger partial charge >= 0.3 is 6.18 Å². The van der Waals surface area contributed by atoms with Gasteiger partial charge in [-0.25, -0.2) is 4.68 Å². The Morgan fingerprint density at radius 3 is 2.59 bits per heavy atom. The molecule has 0 aliphatic heterocycles. The normalized spacial score (nSPS) is 11.4.